The summed E-state index contributed by atoms with van der Waals surface area (Å²) >= 11 is 0. The molecule has 6 nitrogen and oxygen atoms in total. The second-order valence-corrected chi connectivity index (χ2v) is 6.30. The average Bonchev–Trinajstić information content (AvgIpc) is 3.04. The summed E-state index contributed by atoms with van der Waals surface area (Å²) in [7, 11) is 3.48. The number of nitrogens with one attached hydrogen (secondary N) is 2. The maximum Gasteiger partial charge on any atom is 0.191 e. The molecule has 1 heterocycles. The van der Waals surface area contributed by atoms with Crippen molar-refractivity contribution < 1.29 is 4.74 Å². The predicted molar refractivity (Wildman–Crippen MR) is 102 cm³/mol. The first-order valence-electron chi connectivity index (χ1n) is 8.70. The molecular formula is C19H29N5O. The van der Waals surface area contributed by atoms with Crippen LogP contribution in [0.2, 0.25) is 0 Å². The lowest BCUT2D eigenvalue weighted by Crippen LogP contribution is -2.38. The van der Waals surface area contributed by atoms with E-state index < -0.39 is 0 Å². The highest BCUT2D eigenvalue weighted by atomic mass is 16.5. The van der Waals surface area contributed by atoms with E-state index in [0.29, 0.717) is 12.5 Å². The van der Waals surface area contributed by atoms with Gasteiger partial charge in [0.1, 0.15) is 11.6 Å². The summed E-state index contributed by atoms with van der Waals surface area (Å²) < 4.78 is 7.57. The van der Waals surface area contributed by atoms with Crippen LogP contribution in [-0.2, 0) is 19.5 Å². The quantitative estimate of drug-likeness (QED) is 0.571. The van der Waals surface area contributed by atoms with Gasteiger partial charge in [0.15, 0.2) is 5.96 Å². The van der Waals surface area contributed by atoms with Crippen LogP contribution >= 0.6 is 0 Å². The van der Waals surface area contributed by atoms with Gasteiger partial charge in [-0.2, -0.15) is 0 Å². The van der Waals surface area contributed by atoms with E-state index in [9.17, 15) is 0 Å². The molecule has 0 unspecified atom stereocenters. The fourth-order valence-electron chi connectivity index (χ4n) is 2.68. The van der Waals surface area contributed by atoms with Gasteiger partial charge in [0.2, 0.25) is 0 Å². The molecule has 0 fully saturated rings. The molecule has 1 aromatic heterocycles. The van der Waals surface area contributed by atoms with Crippen molar-refractivity contribution in [2.24, 2.45) is 10.9 Å². The zero-order valence-corrected chi connectivity index (χ0v) is 15.6. The Morgan fingerprint density at radius 3 is 2.80 bits per heavy atom. The molecule has 0 amide bonds. The van der Waals surface area contributed by atoms with Crippen molar-refractivity contribution in [3.8, 4) is 5.75 Å². The van der Waals surface area contributed by atoms with Crippen LogP contribution in [0.15, 0.2) is 41.7 Å². The van der Waals surface area contributed by atoms with Gasteiger partial charge in [-0.3, -0.25) is 4.99 Å². The number of ether oxygens (including phenoxy) is 1. The molecule has 0 saturated carbocycles. The Kier molecular flexibility index (Phi) is 7.32. The van der Waals surface area contributed by atoms with Crippen LogP contribution in [0.4, 0.5) is 0 Å². The summed E-state index contributed by atoms with van der Waals surface area (Å²) in [6.45, 7) is 6.80. The van der Waals surface area contributed by atoms with Gasteiger partial charge in [-0.1, -0.05) is 32.0 Å². The first-order valence-corrected chi connectivity index (χ1v) is 8.70. The molecule has 0 radical (unpaired) electrons. The fourth-order valence-corrected chi connectivity index (χ4v) is 2.68. The minimum Gasteiger partial charge on any atom is -0.496 e. The number of benzene rings is 1. The van der Waals surface area contributed by atoms with E-state index in [1.165, 1.54) is 5.56 Å². The van der Waals surface area contributed by atoms with Crippen LogP contribution in [-0.4, -0.2) is 36.2 Å². The van der Waals surface area contributed by atoms with Crippen LogP contribution in [0.3, 0.4) is 0 Å². The maximum absolute atomic E-state index is 5.39. The van der Waals surface area contributed by atoms with E-state index in [2.05, 4.69) is 45.1 Å². The number of aromatic nitrogens is 2. The number of para-hydroxylation sites is 1. The summed E-state index contributed by atoms with van der Waals surface area (Å²) in [5.74, 6) is 3.30. The highest BCUT2D eigenvalue weighted by Gasteiger charge is 2.06. The molecule has 25 heavy (non-hydrogen) atoms. The third kappa shape index (κ3) is 5.81. The van der Waals surface area contributed by atoms with Crippen LogP contribution in [0, 0.1) is 5.92 Å². The van der Waals surface area contributed by atoms with Crippen molar-refractivity contribution in [3.63, 3.8) is 0 Å². The maximum atomic E-state index is 5.39. The van der Waals surface area contributed by atoms with Gasteiger partial charge in [0.05, 0.1) is 13.7 Å². The molecule has 0 aliphatic heterocycles. The molecule has 1 aromatic carbocycles. The fraction of sp³-hybridized carbons (Fsp3) is 0.474. The van der Waals surface area contributed by atoms with Gasteiger partial charge >= 0.3 is 0 Å². The SMILES string of the molecule is CN=C(NCCc1ccccc1OC)NCc1nccn1CC(C)C. The van der Waals surface area contributed by atoms with E-state index in [1.807, 2.05) is 30.6 Å². The number of nitrogens with zero attached hydrogens (tertiary/aromatic N) is 3. The Balaban J connectivity index is 1.82. The van der Waals surface area contributed by atoms with Gasteiger partial charge in [-0.15, -0.1) is 0 Å². The molecule has 0 saturated heterocycles. The summed E-state index contributed by atoms with van der Waals surface area (Å²) in [6.07, 6.45) is 4.73. The Bertz CT molecular complexity index is 678. The molecule has 0 atom stereocenters. The van der Waals surface area contributed by atoms with Gasteiger partial charge < -0.3 is 19.9 Å². The Morgan fingerprint density at radius 2 is 2.08 bits per heavy atom. The zero-order chi connectivity index (χ0) is 18.1. The van der Waals surface area contributed by atoms with Crippen LogP contribution in [0.1, 0.15) is 25.2 Å². The highest BCUT2D eigenvalue weighted by Crippen LogP contribution is 2.17. The largest absolute Gasteiger partial charge is 0.496 e. The number of rotatable bonds is 8. The second kappa shape index (κ2) is 9.71. The molecule has 6 heteroatoms. The topological polar surface area (TPSA) is 63.5 Å². The highest BCUT2D eigenvalue weighted by molar-refractivity contribution is 5.79. The lowest BCUT2D eigenvalue weighted by Gasteiger charge is -2.14. The van der Waals surface area contributed by atoms with Crippen molar-refractivity contribution in [2.75, 3.05) is 20.7 Å². The smallest absolute Gasteiger partial charge is 0.191 e. The first kappa shape index (κ1) is 18.8. The number of guanidine groups is 1. The molecule has 0 spiro atoms. The van der Waals surface area contributed by atoms with Gasteiger partial charge in [-0.05, 0) is 24.0 Å². The van der Waals surface area contributed by atoms with Crippen molar-refractivity contribution >= 4 is 5.96 Å². The third-order valence-corrected chi connectivity index (χ3v) is 3.88. The Morgan fingerprint density at radius 1 is 1.28 bits per heavy atom. The molecule has 2 N–H and O–H groups in total. The number of aliphatic imine (C=N–C) groups is 1. The minimum atomic E-state index is 0.589. The van der Waals surface area contributed by atoms with Gasteiger partial charge in [0.25, 0.3) is 0 Å². The lowest BCUT2D eigenvalue weighted by molar-refractivity contribution is 0.409. The molecule has 0 aliphatic rings. The predicted octanol–water partition coefficient (Wildman–Crippen LogP) is 2.46. The van der Waals surface area contributed by atoms with Crippen LogP contribution < -0.4 is 15.4 Å². The van der Waals surface area contributed by atoms with Crippen molar-refractivity contribution in [3.05, 3.63) is 48.0 Å². The van der Waals surface area contributed by atoms with Crippen LogP contribution in [0.5, 0.6) is 5.75 Å². The zero-order valence-electron chi connectivity index (χ0n) is 15.6. The molecular weight excluding hydrogens is 314 g/mol. The van der Waals surface area contributed by atoms with Gasteiger partial charge in [0, 0.05) is 32.5 Å². The van der Waals surface area contributed by atoms with E-state index >= 15 is 0 Å². The summed E-state index contributed by atoms with van der Waals surface area (Å²) in [5, 5.41) is 6.66. The minimum absolute atomic E-state index is 0.589. The van der Waals surface area contributed by atoms with Crippen molar-refractivity contribution in [1.82, 2.24) is 20.2 Å². The molecule has 2 rings (SSSR count). The van der Waals surface area contributed by atoms with Gasteiger partial charge in [-0.25, -0.2) is 4.98 Å². The third-order valence-electron chi connectivity index (χ3n) is 3.88. The molecule has 2 aromatic rings. The van der Waals surface area contributed by atoms with E-state index in [-0.39, 0.29) is 0 Å². The molecule has 136 valence electrons. The molecule has 0 bridgehead atoms. The lowest BCUT2D eigenvalue weighted by atomic mass is 10.1. The summed E-state index contributed by atoms with van der Waals surface area (Å²) in [6, 6.07) is 8.07. The summed E-state index contributed by atoms with van der Waals surface area (Å²) in [5.41, 5.74) is 1.18. The Labute approximate surface area is 150 Å². The van der Waals surface area contributed by atoms with E-state index in [1.54, 1.807) is 14.2 Å². The molecule has 0 aliphatic carbocycles. The second-order valence-electron chi connectivity index (χ2n) is 6.30. The number of methoxy groups -OCH3 is 1. The normalized spacial score (nSPS) is 11.6. The van der Waals surface area contributed by atoms with Crippen molar-refractivity contribution in [2.45, 2.75) is 33.4 Å². The van der Waals surface area contributed by atoms with Crippen molar-refractivity contribution in [1.29, 1.82) is 0 Å². The average molecular weight is 343 g/mol. The monoisotopic (exact) mass is 343 g/mol. The number of imidazole rings is 1. The number of hydrogen-bond donors (Lipinski definition) is 2. The standard InChI is InChI=1S/C19H29N5O/c1-15(2)14-24-12-11-21-18(24)13-23-19(20-3)22-10-9-16-7-5-6-8-17(16)25-4/h5-8,11-12,15H,9-10,13-14H2,1-4H3,(H2,20,22,23). The number of hydrogen-bond acceptors (Lipinski definition) is 3. The summed E-state index contributed by atoms with van der Waals surface area (Å²) in [4.78, 5) is 8.71. The first-order chi connectivity index (χ1) is 12.1. The van der Waals surface area contributed by atoms with E-state index in [4.69, 9.17) is 4.74 Å². The Hall–Kier alpha value is -2.50. The van der Waals surface area contributed by atoms with E-state index in [0.717, 1.165) is 37.0 Å². The van der Waals surface area contributed by atoms with Crippen LogP contribution in [0.25, 0.3) is 0 Å².